The lowest BCUT2D eigenvalue weighted by Gasteiger charge is -2.32. The van der Waals surface area contributed by atoms with E-state index in [2.05, 4.69) is 5.32 Å². The Morgan fingerprint density at radius 2 is 1.97 bits per heavy atom. The maximum absolute atomic E-state index is 15.3. The summed E-state index contributed by atoms with van der Waals surface area (Å²) < 4.78 is 85.3. The lowest BCUT2D eigenvalue weighted by atomic mass is 9.84. The number of carbonyl (C=O) groups is 1. The molecule has 12 heteroatoms. The van der Waals surface area contributed by atoms with Crippen LogP contribution in [0.5, 0.6) is 11.5 Å². The molecule has 2 aromatic carbocycles. The molecule has 0 saturated carbocycles. The summed E-state index contributed by atoms with van der Waals surface area (Å²) in [5.74, 6) is -1.12. The standard InChI is InChI=1S/C25H27F4N3O4S.2H2/c1-4-14(2)16-6-5-7-21(22(16)26)36-20-9-8-15(31-37(34,35)25(27,28)29)12-18(20)19-13-32(3)24(33)23-17(19)10-11-30-23;;/h5-9,12-14,17,23,30-31H,4,10-11H2,1-3H3;2*1H. The smallest absolute Gasteiger partial charge is 0.454 e. The van der Waals surface area contributed by atoms with Gasteiger partial charge in [-0.05, 0) is 60.7 Å². The van der Waals surface area contributed by atoms with Gasteiger partial charge in [-0.2, -0.15) is 21.6 Å². The monoisotopic (exact) mass is 545 g/mol. The summed E-state index contributed by atoms with van der Waals surface area (Å²) in [6.45, 7) is 4.34. The molecule has 2 heterocycles. The van der Waals surface area contributed by atoms with Gasteiger partial charge in [0.15, 0.2) is 11.6 Å². The van der Waals surface area contributed by atoms with Crippen molar-refractivity contribution in [3.8, 4) is 11.5 Å². The fraction of sp³-hybridized carbons (Fsp3) is 0.400. The molecular weight excluding hydrogens is 514 g/mol. The van der Waals surface area contributed by atoms with Crippen molar-refractivity contribution in [2.24, 2.45) is 5.92 Å². The number of anilines is 1. The number of hydrogen-bond donors (Lipinski definition) is 2. The van der Waals surface area contributed by atoms with Crippen LogP contribution in [0.4, 0.5) is 23.2 Å². The Kier molecular flexibility index (Phi) is 7.26. The Bertz CT molecular complexity index is 1360. The summed E-state index contributed by atoms with van der Waals surface area (Å²) in [5.41, 5.74) is -4.61. The number of hydrogen-bond acceptors (Lipinski definition) is 5. The lowest BCUT2D eigenvalue weighted by molar-refractivity contribution is -0.130. The van der Waals surface area contributed by atoms with E-state index < -0.39 is 27.4 Å². The van der Waals surface area contributed by atoms with Crippen molar-refractivity contribution in [2.75, 3.05) is 18.3 Å². The SMILES string of the molecule is CCC(C)c1cccc(Oc2ccc(NS(=O)(=O)C(F)(F)F)cc2C2=CN(C)C(=O)C3NCCC23)c1F.[HH].[HH]. The first kappa shape index (κ1) is 26.9. The molecule has 7 nitrogen and oxygen atoms in total. The van der Waals surface area contributed by atoms with Crippen molar-refractivity contribution >= 4 is 27.2 Å². The van der Waals surface area contributed by atoms with Crippen LogP contribution in [0.3, 0.4) is 0 Å². The number of amides is 1. The van der Waals surface area contributed by atoms with E-state index >= 15 is 4.39 Å². The van der Waals surface area contributed by atoms with Gasteiger partial charge in [-0.3, -0.25) is 9.52 Å². The molecule has 4 rings (SSSR count). The minimum absolute atomic E-state index is 0. The van der Waals surface area contributed by atoms with Crippen molar-refractivity contribution in [3.63, 3.8) is 0 Å². The molecule has 3 atom stereocenters. The highest BCUT2D eigenvalue weighted by molar-refractivity contribution is 7.93. The molecule has 1 saturated heterocycles. The largest absolute Gasteiger partial charge is 0.516 e. The molecule has 0 bridgehead atoms. The van der Waals surface area contributed by atoms with Crippen molar-refractivity contribution in [1.29, 1.82) is 0 Å². The van der Waals surface area contributed by atoms with E-state index in [1.807, 2.05) is 13.8 Å². The van der Waals surface area contributed by atoms with Crippen molar-refractivity contribution in [3.05, 3.63) is 59.5 Å². The highest BCUT2D eigenvalue weighted by Gasteiger charge is 2.46. The van der Waals surface area contributed by atoms with Crippen LogP contribution in [0.1, 0.15) is 46.6 Å². The number of ether oxygens (including phenoxy) is 1. The van der Waals surface area contributed by atoms with E-state index in [9.17, 15) is 26.4 Å². The first-order chi connectivity index (χ1) is 17.3. The molecule has 1 fully saturated rings. The summed E-state index contributed by atoms with van der Waals surface area (Å²) in [4.78, 5) is 14.0. The number of benzene rings is 2. The van der Waals surface area contributed by atoms with Crippen molar-refractivity contribution in [2.45, 2.75) is 44.2 Å². The van der Waals surface area contributed by atoms with E-state index in [1.165, 1.54) is 23.1 Å². The molecular formula is C25H31F4N3O4S. The predicted molar refractivity (Wildman–Crippen MR) is 135 cm³/mol. The second kappa shape index (κ2) is 9.97. The van der Waals surface area contributed by atoms with Crippen LogP contribution < -0.4 is 14.8 Å². The predicted octanol–water partition coefficient (Wildman–Crippen LogP) is 5.68. The molecule has 2 aliphatic heterocycles. The number of nitrogens with zero attached hydrogens (tertiary/aromatic N) is 1. The molecule has 0 radical (unpaired) electrons. The van der Waals surface area contributed by atoms with Crippen LogP contribution >= 0.6 is 0 Å². The van der Waals surface area contributed by atoms with Crippen LogP contribution in [-0.2, 0) is 14.8 Å². The van der Waals surface area contributed by atoms with E-state index in [4.69, 9.17) is 4.74 Å². The van der Waals surface area contributed by atoms with Crippen LogP contribution in [-0.4, -0.2) is 44.4 Å². The minimum Gasteiger partial charge on any atom is -0.454 e. The minimum atomic E-state index is -5.68. The highest BCUT2D eigenvalue weighted by Crippen LogP contribution is 2.43. The first-order valence-corrected chi connectivity index (χ1v) is 13.2. The third-order valence-electron chi connectivity index (χ3n) is 6.77. The molecule has 2 aliphatic rings. The second-order valence-electron chi connectivity index (χ2n) is 9.19. The molecule has 0 aliphatic carbocycles. The number of likely N-dealkylation sites (N-methyl/N-ethyl adjacent to an activating group) is 1. The number of rotatable bonds is 7. The Hall–Kier alpha value is -3.12. The van der Waals surface area contributed by atoms with E-state index in [0.717, 1.165) is 6.07 Å². The number of carbonyl (C=O) groups excluding carboxylic acids is 1. The third kappa shape index (κ3) is 5.17. The van der Waals surface area contributed by atoms with E-state index in [-0.39, 0.29) is 43.3 Å². The first-order valence-electron chi connectivity index (χ1n) is 11.8. The van der Waals surface area contributed by atoms with E-state index in [0.29, 0.717) is 30.5 Å². The van der Waals surface area contributed by atoms with Crippen molar-refractivity contribution < 1.29 is 38.4 Å². The van der Waals surface area contributed by atoms with Gasteiger partial charge in [-0.25, -0.2) is 4.39 Å². The van der Waals surface area contributed by atoms with Crippen LogP contribution in [0.15, 0.2) is 42.6 Å². The Balaban J connectivity index is 0.00000267. The number of sulfonamides is 1. The number of halogens is 4. The summed E-state index contributed by atoms with van der Waals surface area (Å²) >= 11 is 0. The molecule has 3 unspecified atom stereocenters. The summed E-state index contributed by atoms with van der Waals surface area (Å²) in [6, 6.07) is 7.80. The number of nitrogens with one attached hydrogen (secondary N) is 2. The zero-order valence-corrected chi connectivity index (χ0v) is 21.2. The van der Waals surface area contributed by atoms with Crippen LogP contribution in [0.25, 0.3) is 5.57 Å². The zero-order valence-electron chi connectivity index (χ0n) is 20.4. The third-order valence-corrected chi connectivity index (χ3v) is 7.89. The number of alkyl halides is 3. The van der Waals surface area contributed by atoms with Gasteiger partial charge < -0.3 is 15.0 Å². The summed E-state index contributed by atoms with van der Waals surface area (Å²) in [6.07, 6.45) is 2.81. The van der Waals surface area contributed by atoms with Gasteiger partial charge in [0.05, 0.1) is 6.04 Å². The van der Waals surface area contributed by atoms with Gasteiger partial charge in [0.2, 0.25) is 5.91 Å². The Morgan fingerprint density at radius 1 is 1.24 bits per heavy atom. The summed E-state index contributed by atoms with van der Waals surface area (Å²) in [7, 11) is -4.13. The van der Waals surface area contributed by atoms with Gasteiger partial charge in [0.1, 0.15) is 5.75 Å². The van der Waals surface area contributed by atoms with Gasteiger partial charge in [0, 0.05) is 33.3 Å². The maximum atomic E-state index is 15.3. The molecule has 2 N–H and O–H groups in total. The summed E-state index contributed by atoms with van der Waals surface area (Å²) in [5, 5.41) is 3.12. The van der Waals surface area contributed by atoms with E-state index in [1.54, 1.807) is 30.1 Å². The maximum Gasteiger partial charge on any atom is 0.516 e. The fourth-order valence-electron chi connectivity index (χ4n) is 4.60. The van der Waals surface area contributed by atoms with Crippen molar-refractivity contribution in [1.82, 2.24) is 10.2 Å². The molecule has 1 amide bonds. The van der Waals surface area contributed by atoms with Crippen LogP contribution in [0, 0.1) is 11.7 Å². The number of fused-ring (bicyclic) bond motifs is 1. The quantitative estimate of drug-likeness (QED) is 0.438. The molecule has 0 aromatic heterocycles. The Labute approximate surface area is 215 Å². The average molecular weight is 546 g/mol. The zero-order chi connectivity index (χ0) is 27.1. The normalized spacial score (nSPS) is 20.9. The molecule has 2 aromatic rings. The lowest BCUT2D eigenvalue weighted by Crippen LogP contribution is -2.46. The van der Waals surface area contributed by atoms with Gasteiger partial charge in [-0.1, -0.05) is 26.0 Å². The van der Waals surface area contributed by atoms with Gasteiger partial charge in [0.25, 0.3) is 0 Å². The average Bonchev–Trinajstić information content (AvgIpc) is 3.32. The molecule has 37 heavy (non-hydrogen) atoms. The second-order valence-corrected chi connectivity index (χ2v) is 10.9. The highest BCUT2D eigenvalue weighted by atomic mass is 32.2. The Morgan fingerprint density at radius 3 is 2.65 bits per heavy atom. The molecule has 0 spiro atoms. The topological polar surface area (TPSA) is 87.7 Å². The fourth-order valence-corrected chi connectivity index (χ4v) is 5.15. The van der Waals surface area contributed by atoms with Gasteiger partial charge >= 0.3 is 15.5 Å². The molecule has 204 valence electrons. The van der Waals surface area contributed by atoms with Gasteiger partial charge in [-0.15, -0.1) is 0 Å². The van der Waals surface area contributed by atoms with Crippen LogP contribution in [0.2, 0.25) is 0 Å².